The Hall–Kier alpha value is -0.260. The molecule has 1 amide bonds. The van der Waals surface area contributed by atoms with Crippen molar-refractivity contribution >= 4 is 17.7 Å². The number of nitrogens with two attached hydrogens (primary N) is 1. The van der Waals surface area contributed by atoms with Gasteiger partial charge in [-0.15, -0.1) is 0 Å². The lowest BCUT2D eigenvalue weighted by Crippen LogP contribution is -2.56. The van der Waals surface area contributed by atoms with E-state index in [2.05, 4.69) is 22.0 Å². The Morgan fingerprint density at radius 1 is 1.18 bits per heavy atom. The van der Waals surface area contributed by atoms with Crippen LogP contribution in [0, 0.1) is 5.92 Å². The topological polar surface area (TPSA) is 58.4 Å². The molecule has 0 aromatic rings. The summed E-state index contributed by atoms with van der Waals surface area (Å²) >= 11 is 2.06. The van der Waals surface area contributed by atoms with Crippen molar-refractivity contribution in [2.24, 2.45) is 11.7 Å². The second-order valence-corrected chi connectivity index (χ2v) is 8.59. The first-order chi connectivity index (χ1) is 10.7. The molecule has 3 rings (SSSR count). The molecule has 4 nitrogen and oxygen atoms in total. The smallest absolute Gasteiger partial charge is 0.220 e. The molecule has 3 aliphatic rings. The number of hydrogen-bond donors (Lipinski definition) is 2. The minimum absolute atomic E-state index is 0.222. The standard InChI is InChI=1S/C17H31N3OS/c18-15-5-3-4-14(15)12-16(21)19-13-17(6-1-2-7-17)20-8-10-22-11-9-20/h14-15H,1-13,18H2,(H,19,21)/t14-,15+/m0/s1. The molecule has 1 heterocycles. The zero-order valence-electron chi connectivity index (χ0n) is 13.7. The highest BCUT2D eigenvalue weighted by atomic mass is 32.2. The summed E-state index contributed by atoms with van der Waals surface area (Å²) < 4.78 is 0. The van der Waals surface area contributed by atoms with Gasteiger partial charge < -0.3 is 11.1 Å². The van der Waals surface area contributed by atoms with Crippen molar-refractivity contribution in [3.8, 4) is 0 Å². The van der Waals surface area contributed by atoms with Gasteiger partial charge in [0.2, 0.25) is 5.91 Å². The van der Waals surface area contributed by atoms with Crippen molar-refractivity contribution in [1.29, 1.82) is 0 Å². The summed E-state index contributed by atoms with van der Waals surface area (Å²) in [6.45, 7) is 3.22. The van der Waals surface area contributed by atoms with E-state index in [0.29, 0.717) is 12.3 Å². The van der Waals surface area contributed by atoms with E-state index in [1.807, 2.05) is 0 Å². The zero-order chi connectivity index (χ0) is 15.4. The fraction of sp³-hybridized carbons (Fsp3) is 0.941. The number of thioether (sulfide) groups is 1. The summed E-state index contributed by atoms with van der Waals surface area (Å²) in [4.78, 5) is 15.0. The van der Waals surface area contributed by atoms with Crippen molar-refractivity contribution in [2.45, 2.75) is 62.9 Å². The molecule has 0 aromatic heterocycles. The van der Waals surface area contributed by atoms with Crippen molar-refractivity contribution in [1.82, 2.24) is 10.2 Å². The predicted molar refractivity (Wildman–Crippen MR) is 93.0 cm³/mol. The fourth-order valence-electron chi connectivity index (χ4n) is 4.57. The van der Waals surface area contributed by atoms with E-state index in [9.17, 15) is 4.79 Å². The lowest BCUT2D eigenvalue weighted by molar-refractivity contribution is -0.122. The van der Waals surface area contributed by atoms with Crippen LogP contribution in [0.2, 0.25) is 0 Å². The van der Waals surface area contributed by atoms with E-state index in [-0.39, 0.29) is 17.5 Å². The van der Waals surface area contributed by atoms with Gasteiger partial charge in [0.05, 0.1) is 0 Å². The SMILES string of the molecule is N[C@@H]1CCC[C@H]1CC(=O)NCC1(N2CCSCC2)CCCC1. The lowest BCUT2D eigenvalue weighted by atomic mass is 9.94. The van der Waals surface area contributed by atoms with Crippen LogP contribution in [0.1, 0.15) is 51.4 Å². The van der Waals surface area contributed by atoms with Gasteiger partial charge in [0, 0.05) is 49.1 Å². The van der Waals surface area contributed by atoms with Crippen LogP contribution in [-0.2, 0) is 4.79 Å². The molecule has 0 radical (unpaired) electrons. The Balaban J connectivity index is 1.51. The monoisotopic (exact) mass is 325 g/mol. The summed E-state index contributed by atoms with van der Waals surface area (Å²) in [5.41, 5.74) is 6.34. The van der Waals surface area contributed by atoms with Crippen LogP contribution in [0.15, 0.2) is 0 Å². The predicted octanol–water partition coefficient (Wildman–Crippen LogP) is 1.98. The third-order valence-corrected chi connectivity index (χ3v) is 6.94. The summed E-state index contributed by atoms with van der Waals surface area (Å²) in [7, 11) is 0. The first-order valence-electron chi connectivity index (χ1n) is 9.05. The molecule has 0 aromatic carbocycles. The van der Waals surface area contributed by atoms with Crippen LogP contribution in [0.4, 0.5) is 0 Å². The van der Waals surface area contributed by atoms with Gasteiger partial charge >= 0.3 is 0 Å². The number of carbonyl (C=O) groups excluding carboxylic acids is 1. The van der Waals surface area contributed by atoms with Gasteiger partial charge in [0.25, 0.3) is 0 Å². The van der Waals surface area contributed by atoms with E-state index in [0.717, 1.165) is 19.4 Å². The van der Waals surface area contributed by atoms with Crippen molar-refractivity contribution < 1.29 is 4.79 Å². The molecule has 1 saturated heterocycles. The Kier molecular flexibility index (Phi) is 5.69. The molecule has 0 bridgehead atoms. The maximum atomic E-state index is 12.3. The van der Waals surface area contributed by atoms with Crippen molar-refractivity contribution in [2.75, 3.05) is 31.1 Å². The molecule has 0 unspecified atom stereocenters. The van der Waals surface area contributed by atoms with Gasteiger partial charge in [-0.1, -0.05) is 19.3 Å². The average molecular weight is 326 g/mol. The van der Waals surface area contributed by atoms with Crippen LogP contribution in [0.3, 0.4) is 0 Å². The molecular weight excluding hydrogens is 294 g/mol. The summed E-state index contributed by atoms with van der Waals surface area (Å²) in [6.07, 6.45) is 9.17. The van der Waals surface area contributed by atoms with Gasteiger partial charge in [-0.3, -0.25) is 9.69 Å². The van der Waals surface area contributed by atoms with Crippen LogP contribution in [0.25, 0.3) is 0 Å². The van der Waals surface area contributed by atoms with Gasteiger partial charge in [0.1, 0.15) is 0 Å². The van der Waals surface area contributed by atoms with Crippen LogP contribution in [0.5, 0.6) is 0 Å². The highest BCUT2D eigenvalue weighted by Gasteiger charge is 2.40. The first-order valence-corrected chi connectivity index (χ1v) is 10.2. The molecule has 126 valence electrons. The molecule has 3 fully saturated rings. The van der Waals surface area contributed by atoms with Crippen LogP contribution >= 0.6 is 11.8 Å². The number of rotatable bonds is 5. The van der Waals surface area contributed by atoms with Crippen molar-refractivity contribution in [3.05, 3.63) is 0 Å². The minimum Gasteiger partial charge on any atom is -0.354 e. The lowest BCUT2D eigenvalue weighted by Gasteiger charge is -2.43. The zero-order valence-corrected chi connectivity index (χ0v) is 14.5. The number of nitrogens with zero attached hydrogens (tertiary/aromatic N) is 1. The normalized spacial score (nSPS) is 32.2. The highest BCUT2D eigenvalue weighted by Crippen LogP contribution is 2.36. The van der Waals surface area contributed by atoms with E-state index in [4.69, 9.17) is 5.73 Å². The largest absolute Gasteiger partial charge is 0.354 e. The van der Waals surface area contributed by atoms with Gasteiger partial charge in [-0.05, 0) is 31.6 Å². The van der Waals surface area contributed by atoms with Gasteiger partial charge in [-0.2, -0.15) is 11.8 Å². The minimum atomic E-state index is 0.222. The first kappa shape index (κ1) is 16.6. The maximum absolute atomic E-state index is 12.3. The number of hydrogen-bond acceptors (Lipinski definition) is 4. The number of carbonyl (C=O) groups is 1. The number of nitrogens with one attached hydrogen (secondary N) is 1. The third kappa shape index (κ3) is 3.80. The maximum Gasteiger partial charge on any atom is 0.220 e. The van der Waals surface area contributed by atoms with E-state index in [1.165, 1.54) is 56.7 Å². The van der Waals surface area contributed by atoms with Crippen molar-refractivity contribution in [3.63, 3.8) is 0 Å². The summed E-state index contributed by atoms with van der Waals surface area (Å²) in [6, 6.07) is 0.241. The Morgan fingerprint density at radius 3 is 2.55 bits per heavy atom. The molecule has 0 spiro atoms. The highest BCUT2D eigenvalue weighted by molar-refractivity contribution is 7.99. The summed E-state index contributed by atoms with van der Waals surface area (Å²) in [5.74, 6) is 3.12. The molecule has 22 heavy (non-hydrogen) atoms. The fourth-order valence-corrected chi connectivity index (χ4v) is 5.47. The second-order valence-electron chi connectivity index (χ2n) is 7.37. The van der Waals surface area contributed by atoms with Crippen LogP contribution < -0.4 is 11.1 Å². The molecular formula is C17H31N3OS. The average Bonchev–Trinajstić information content (AvgIpc) is 3.17. The number of amides is 1. The van der Waals surface area contributed by atoms with Gasteiger partial charge in [0.15, 0.2) is 0 Å². The van der Waals surface area contributed by atoms with E-state index < -0.39 is 0 Å². The quantitative estimate of drug-likeness (QED) is 0.811. The van der Waals surface area contributed by atoms with Crippen LogP contribution in [-0.4, -0.2) is 53.5 Å². The third-order valence-electron chi connectivity index (χ3n) is 6.00. The van der Waals surface area contributed by atoms with E-state index in [1.54, 1.807) is 0 Å². The molecule has 5 heteroatoms. The molecule has 3 N–H and O–H groups in total. The summed E-state index contributed by atoms with van der Waals surface area (Å²) in [5, 5.41) is 3.27. The molecule has 2 atom stereocenters. The van der Waals surface area contributed by atoms with Gasteiger partial charge in [-0.25, -0.2) is 0 Å². The Morgan fingerprint density at radius 2 is 1.91 bits per heavy atom. The Labute approximate surface area is 138 Å². The van der Waals surface area contributed by atoms with E-state index >= 15 is 0 Å². The molecule has 2 saturated carbocycles. The Bertz CT molecular complexity index is 378. The second kappa shape index (κ2) is 7.54. The molecule has 2 aliphatic carbocycles. The molecule has 1 aliphatic heterocycles.